The molecular weight excluding hydrogens is 142 g/mol. The molecular formula is C8H13NS. The van der Waals surface area contributed by atoms with Crippen molar-refractivity contribution in [2.24, 2.45) is 5.73 Å². The van der Waals surface area contributed by atoms with Crippen LogP contribution in [-0.2, 0) is 0 Å². The fraction of sp³-hybridized carbons (Fsp3) is 0.250. The lowest BCUT2D eigenvalue weighted by Gasteiger charge is -1.88. The van der Waals surface area contributed by atoms with Crippen molar-refractivity contribution >= 4 is 12.6 Å². The van der Waals surface area contributed by atoms with Crippen molar-refractivity contribution in [3.63, 3.8) is 0 Å². The van der Waals surface area contributed by atoms with Crippen LogP contribution in [0.1, 0.15) is 6.92 Å². The monoisotopic (exact) mass is 155 g/mol. The number of hydrogen-bond acceptors (Lipinski definition) is 2. The second kappa shape index (κ2) is 5.33. The molecule has 0 aromatic carbocycles. The summed E-state index contributed by atoms with van der Waals surface area (Å²) >= 11 is 4.09. The molecule has 2 N–H and O–H groups in total. The topological polar surface area (TPSA) is 26.0 Å². The van der Waals surface area contributed by atoms with Gasteiger partial charge in [0.05, 0.1) is 0 Å². The fourth-order valence-corrected chi connectivity index (χ4v) is 0.478. The molecule has 1 nitrogen and oxygen atoms in total. The van der Waals surface area contributed by atoms with E-state index in [0.29, 0.717) is 6.54 Å². The van der Waals surface area contributed by atoms with Crippen molar-refractivity contribution in [2.75, 3.05) is 6.54 Å². The highest BCUT2D eigenvalue weighted by atomic mass is 32.1. The number of rotatable bonds is 3. The van der Waals surface area contributed by atoms with Crippen molar-refractivity contribution in [2.45, 2.75) is 6.92 Å². The molecule has 0 unspecified atom stereocenters. The Kier molecular flexibility index (Phi) is 5.08. The minimum atomic E-state index is 0.490. The van der Waals surface area contributed by atoms with E-state index >= 15 is 0 Å². The smallest absolute Gasteiger partial charge is 0.0236 e. The van der Waals surface area contributed by atoms with Crippen molar-refractivity contribution in [3.05, 3.63) is 35.3 Å². The van der Waals surface area contributed by atoms with E-state index in [1.807, 2.05) is 25.2 Å². The van der Waals surface area contributed by atoms with Crippen molar-refractivity contribution < 1.29 is 0 Å². The van der Waals surface area contributed by atoms with E-state index in [1.165, 1.54) is 0 Å². The molecule has 0 aliphatic heterocycles. The van der Waals surface area contributed by atoms with Crippen LogP contribution in [0.2, 0.25) is 0 Å². The van der Waals surface area contributed by atoms with Gasteiger partial charge < -0.3 is 5.73 Å². The predicted octanol–water partition coefficient (Wildman–Crippen LogP) is 1.89. The van der Waals surface area contributed by atoms with Crippen LogP contribution in [0.5, 0.6) is 0 Å². The van der Waals surface area contributed by atoms with E-state index in [9.17, 15) is 0 Å². The molecule has 0 bridgehead atoms. The molecule has 0 atom stereocenters. The fourth-order valence-electron chi connectivity index (χ4n) is 0.391. The third-order valence-electron chi connectivity index (χ3n) is 0.878. The summed E-state index contributed by atoms with van der Waals surface area (Å²) in [4.78, 5) is 0.873. The van der Waals surface area contributed by atoms with Crippen molar-refractivity contribution in [3.8, 4) is 0 Å². The van der Waals surface area contributed by atoms with E-state index in [1.54, 1.807) is 0 Å². The third-order valence-corrected chi connectivity index (χ3v) is 1.21. The van der Waals surface area contributed by atoms with Gasteiger partial charge in [0, 0.05) is 6.54 Å². The molecule has 0 aliphatic carbocycles. The van der Waals surface area contributed by atoms with Gasteiger partial charge in [0.25, 0.3) is 0 Å². The Morgan fingerprint density at radius 2 is 2.30 bits per heavy atom. The average Bonchev–Trinajstić information content (AvgIpc) is 1.87. The van der Waals surface area contributed by atoms with Gasteiger partial charge in [-0.2, -0.15) is 0 Å². The Bertz CT molecular complexity index is 168. The van der Waals surface area contributed by atoms with Gasteiger partial charge in [-0.25, -0.2) is 0 Å². The zero-order valence-corrected chi connectivity index (χ0v) is 7.07. The Balaban J connectivity index is 3.82. The maximum atomic E-state index is 5.29. The first-order valence-corrected chi connectivity index (χ1v) is 3.53. The standard InChI is InChI=1S/C8H13NS/c1-7(2)4-3-5-8(10)6-9/h3-5,10H,1,6,9H2,2H3/b4-3-,8-5-. The first-order chi connectivity index (χ1) is 4.66. The lowest BCUT2D eigenvalue weighted by atomic mass is 10.3. The van der Waals surface area contributed by atoms with E-state index < -0.39 is 0 Å². The molecule has 56 valence electrons. The van der Waals surface area contributed by atoms with E-state index in [0.717, 1.165) is 10.5 Å². The van der Waals surface area contributed by atoms with Crippen LogP contribution in [0.15, 0.2) is 35.3 Å². The van der Waals surface area contributed by atoms with Gasteiger partial charge in [-0.05, 0) is 11.8 Å². The van der Waals surface area contributed by atoms with E-state index in [-0.39, 0.29) is 0 Å². The molecule has 0 saturated heterocycles. The molecule has 0 amide bonds. The molecule has 0 aromatic heterocycles. The third kappa shape index (κ3) is 5.66. The van der Waals surface area contributed by atoms with Crippen LogP contribution in [0, 0.1) is 0 Å². The highest BCUT2D eigenvalue weighted by Crippen LogP contribution is 1.97. The highest BCUT2D eigenvalue weighted by Gasteiger charge is 1.78. The van der Waals surface area contributed by atoms with Gasteiger partial charge >= 0.3 is 0 Å². The summed E-state index contributed by atoms with van der Waals surface area (Å²) < 4.78 is 0. The highest BCUT2D eigenvalue weighted by molar-refractivity contribution is 7.84. The first kappa shape index (κ1) is 9.53. The van der Waals surface area contributed by atoms with Gasteiger partial charge in [-0.3, -0.25) is 0 Å². The molecule has 0 spiro atoms. The summed E-state index contributed by atoms with van der Waals surface area (Å²) in [7, 11) is 0. The quantitative estimate of drug-likeness (QED) is 0.472. The zero-order chi connectivity index (χ0) is 7.98. The molecule has 2 heteroatoms. The SMILES string of the molecule is C=C(C)/C=C\C=C(/S)CN. The lowest BCUT2D eigenvalue weighted by molar-refractivity contribution is 1.24. The maximum absolute atomic E-state index is 5.29. The minimum absolute atomic E-state index is 0.490. The second-order valence-corrected chi connectivity index (χ2v) is 2.64. The summed E-state index contributed by atoms with van der Waals surface area (Å²) in [5, 5.41) is 0. The van der Waals surface area contributed by atoms with Crippen LogP contribution in [0.4, 0.5) is 0 Å². The van der Waals surface area contributed by atoms with Crippen LogP contribution in [0.25, 0.3) is 0 Å². The maximum Gasteiger partial charge on any atom is 0.0236 e. The van der Waals surface area contributed by atoms with E-state index in [4.69, 9.17) is 5.73 Å². The van der Waals surface area contributed by atoms with Crippen LogP contribution >= 0.6 is 12.6 Å². The van der Waals surface area contributed by atoms with Crippen molar-refractivity contribution in [1.82, 2.24) is 0 Å². The number of hydrogen-bond donors (Lipinski definition) is 2. The lowest BCUT2D eigenvalue weighted by Crippen LogP contribution is -1.97. The first-order valence-electron chi connectivity index (χ1n) is 3.08. The second-order valence-electron chi connectivity index (χ2n) is 2.07. The van der Waals surface area contributed by atoms with Crippen LogP contribution < -0.4 is 5.73 Å². The predicted molar refractivity (Wildman–Crippen MR) is 50.1 cm³/mol. The van der Waals surface area contributed by atoms with Crippen molar-refractivity contribution in [1.29, 1.82) is 0 Å². The average molecular weight is 155 g/mol. The van der Waals surface area contributed by atoms with Gasteiger partial charge in [0.15, 0.2) is 0 Å². The largest absolute Gasteiger partial charge is 0.326 e. The summed E-state index contributed by atoms with van der Waals surface area (Å²) in [6.07, 6.45) is 5.65. The summed E-state index contributed by atoms with van der Waals surface area (Å²) in [6.45, 7) is 6.13. The van der Waals surface area contributed by atoms with Gasteiger partial charge in [0.2, 0.25) is 0 Å². The van der Waals surface area contributed by atoms with Gasteiger partial charge in [-0.15, -0.1) is 12.6 Å². The molecule has 0 heterocycles. The minimum Gasteiger partial charge on any atom is -0.326 e. The molecule has 0 aliphatic rings. The normalized spacial score (nSPS) is 12.5. The molecule has 10 heavy (non-hydrogen) atoms. The molecule has 0 radical (unpaired) electrons. The van der Waals surface area contributed by atoms with Crippen LogP contribution in [0.3, 0.4) is 0 Å². The van der Waals surface area contributed by atoms with Crippen LogP contribution in [-0.4, -0.2) is 6.54 Å². The Morgan fingerprint density at radius 3 is 2.70 bits per heavy atom. The molecule has 0 rings (SSSR count). The summed E-state index contributed by atoms with van der Waals surface area (Å²) in [6, 6.07) is 0. The summed E-state index contributed by atoms with van der Waals surface area (Å²) in [5.41, 5.74) is 6.31. The number of nitrogens with two attached hydrogens (primary N) is 1. The van der Waals surface area contributed by atoms with E-state index in [2.05, 4.69) is 19.2 Å². The zero-order valence-electron chi connectivity index (χ0n) is 6.17. The summed E-state index contributed by atoms with van der Waals surface area (Å²) in [5.74, 6) is 0. The number of thiol groups is 1. The molecule has 0 saturated carbocycles. The Hall–Kier alpha value is -0.470. The Labute approximate surface area is 67.7 Å². The van der Waals surface area contributed by atoms with Gasteiger partial charge in [-0.1, -0.05) is 30.4 Å². The Morgan fingerprint density at radius 1 is 1.70 bits per heavy atom. The molecule has 0 fully saturated rings. The molecule has 0 aromatic rings. The number of allylic oxidation sites excluding steroid dienone is 4. The van der Waals surface area contributed by atoms with Gasteiger partial charge in [0.1, 0.15) is 0 Å².